The highest BCUT2D eigenvalue weighted by molar-refractivity contribution is 7.21. The van der Waals surface area contributed by atoms with Crippen LogP contribution in [0.15, 0.2) is 67.0 Å². The number of likely N-dealkylation sites (tertiary alicyclic amines) is 1. The van der Waals surface area contributed by atoms with Crippen LogP contribution in [0.3, 0.4) is 0 Å². The van der Waals surface area contributed by atoms with Crippen molar-refractivity contribution in [2.45, 2.75) is 44.8 Å². The number of fused-ring (bicyclic) bond motifs is 1. The van der Waals surface area contributed by atoms with E-state index in [4.69, 9.17) is 16.3 Å². The summed E-state index contributed by atoms with van der Waals surface area (Å²) in [6, 6.07) is 18.0. The Morgan fingerprint density at radius 1 is 0.951 bits per heavy atom. The van der Waals surface area contributed by atoms with Gasteiger partial charge in [0, 0.05) is 78.8 Å². The number of hydrogen-bond acceptors (Lipinski definition) is 6. The number of rotatable bonds is 6. The van der Waals surface area contributed by atoms with Crippen molar-refractivity contribution < 1.29 is 14.3 Å². The van der Waals surface area contributed by atoms with E-state index in [0.29, 0.717) is 41.4 Å². The Bertz CT molecular complexity index is 1530. The van der Waals surface area contributed by atoms with Crippen LogP contribution in [0.25, 0.3) is 10.1 Å². The Hall–Kier alpha value is -3.62. The quantitative estimate of drug-likeness (QED) is 0.284. The van der Waals surface area contributed by atoms with Crippen LogP contribution in [0.5, 0.6) is 5.75 Å². The number of piperidine rings is 2. The molecule has 0 spiro atoms. The normalized spacial score (nSPS) is 16.6. The summed E-state index contributed by atoms with van der Waals surface area (Å²) < 4.78 is 7.30. The number of thiophene rings is 1. The number of carbonyl (C=O) groups excluding carboxylic acids is 2. The summed E-state index contributed by atoms with van der Waals surface area (Å²) in [5.74, 6) is 0.642. The van der Waals surface area contributed by atoms with Gasteiger partial charge in [0.15, 0.2) is 0 Å². The Morgan fingerprint density at radius 3 is 2.37 bits per heavy atom. The molecule has 1 N–H and O–H groups in total. The second-order valence-corrected chi connectivity index (χ2v) is 12.2. The number of aromatic nitrogens is 1. The van der Waals surface area contributed by atoms with E-state index in [9.17, 15) is 9.59 Å². The van der Waals surface area contributed by atoms with Crippen LogP contribution in [0.2, 0.25) is 5.02 Å². The molecule has 41 heavy (non-hydrogen) atoms. The van der Waals surface area contributed by atoms with Crippen molar-refractivity contribution in [2.24, 2.45) is 0 Å². The highest BCUT2D eigenvalue weighted by atomic mass is 35.5. The van der Waals surface area contributed by atoms with Crippen LogP contribution in [0, 0.1) is 6.92 Å². The molecule has 0 unspecified atom stereocenters. The first-order valence-electron chi connectivity index (χ1n) is 14.1. The lowest BCUT2D eigenvalue weighted by Crippen LogP contribution is -2.46. The van der Waals surface area contributed by atoms with Crippen molar-refractivity contribution in [2.75, 3.05) is 31.1 Å². The minimum Gasteiger partial charge on any atom is -0.490 e. The first-order chi connectivity index (χ1) is 19.9. The van der Waals surface area contributed by atoms with Crippen LogP contribution in [-0.2, 0) is 0 Å². The van der Waals surface area contributed by atoms with Crippen LogP contribution < -0.4 is 15.0 Å². The number of pyridine rings is 1. The molecule has 2 aromatic heterocycles. The molecule has 9 heteroatoms. The fourth-order valence-electron chi connectivity index (χ4n) is 5.60. The molecule has 0 saturated carbocycles. The van der Waals surface area contributed by atoms with Gasteiger partial charge in [-0.15, -0.1) is 11.3 Å². The van der Waals surface area contributed by atoms with Gasteiger partial charge >= 0.3 is 0 Å². The third-order valence-corrected chi connectivity index (χ3v) is 9.65. The summed E-state index contributed by atoms with van der Waals surface area (Å²) in [6.07, 6.45) is 6.72. The standard InChI is InChI=1S/C32H33ClN4O3S/c1-21-2-4-24(5-3-21)36-18-12-25(13-19-36)40-26-6-7-27-28(20-26)41-30(29(27)33)31(38)35-23-10-16-37(17-11-23)32(39)22-8-14-34-15-9-22/h2-9,14-15,20,23,25H,10-13,16-19H2,1H3,(H,35,38). The number of amides is 2. The van der Waals surface area contributed by atoms with Crippen LogP contribution in [0.1, 0.15) is 51.3 Å². The molecule has 2 fully saturated rings. The van der Waals surface area contributed by atoms with Crippen LogP contribution >= 0.6 is 22.9 Å². The van der Waals surface area contributed by atoms with Crippen LogP contribution in [-0.4, -0.2) is 60.0 Å². The summed E-state index contributed by atoms with van der Waals surface area (Å²) >= 11 is 8.07. The topological polar surface area (TPSA) is 74.8 Å². The highest BCUT2D eigenvalue weighted by Crippen LogP contribution is 2.38. The fourth-order valence-corrected chi connectivity index (χ4v) is 7.05. The molecule has 2 aromatic carbocycles. The number of aryl methyl sites for hydroxylation is 1. The zero-order valence-corrected chi connectivity index (χ0v) is 24.6. The number of ether oxygens (including phenoxy) is 1. The van der Waals surface area contributed by atoms with E-state index < -0.39 is 0 Å². The first-order valence-corrected chi connectivity index (χ1v) is 15.3. The molecule has 0 bridgehead atoms. The Labute approximate surface area is 249 Å². The van der Waals surface area contributed by atoms with Gasteiger partial charge in [0.25, 0.3) is 11.8 Å². The van der Waals surface area contributed by atoms with Gasteiger partial charge in [0.1, 0.15) is 16.7 Å². The molecule has 0 radical (unpaired) electrons. The van der Waals surface area contributed by atoms with Gasteiger partial charge in [-0.05, 0) is 62.2 Å². The van der Waals surface area contributed by atoms with E-state index in [0.717, 1.165) is 41.8 Å². The average molecular weight is 589 g/mol. The molecular weight excluding hydrogens is 556 g/mol. The van der Waals surface area contributed by atoms with Crippen molar-refractivity contribution in [3.63, 3.8) is 0 Å². The molecule has 0 aliphatic carbocycles. The van der Waals surface area contributed by atoms with Gasteiger partial charge in [-0.3, -0.25) is 14.6 Å². The third-order valence-electron chi connectivity index (χ3n) is 8.00. The maximum absolute atomic E-state index is 13.2. The number of nitrogens with one attached hydrogen (secondary N) is 1. The maximum atomic E-state index is 13.2. The number of nitrogens with zero attached hydrogens (tertiary/aromatic N) is 3. The Morgan fingerprint density at radius 2 is 1.66 bits per heavy atom. The highest BCUT2D eigenvalue weighted by Gasteiger charge is 2.27. The molecule has 2 saturated heterocycles. The monoisotopic (exact) mass is 588 g/mol. The molecule has 212 valence electrons. The van der Waals surface area contributed by atoms with Gasteiger partial charge in [-0.1, -0.05) is 29.3 Å². The minimum atomic E-state index is -0.166. The predicted octanol–water partition coefficient (Wildman–Crippen LogP) is 6.34. The molecule has 4 aromatic rings. The number of halogens is 1. The van der Waals surface area contributed by atoms with E-state index in [2.05, 4.69) is 46.4 Å². The largest absolute Gasteiger partial charge is 0.490 e. The maximum Gasteiger partial charge on any atom is 0.263 e. The number of benzene rings is 2. The van der Waals surface area contributed by atoms with Crippen molar-refractivity contribution in [3.05, 3.63) is 88.0 Å². The lowest BCUT2D eigenvalue weighted by atomic mass is 10.0. The van der Waals surface area contributed by atoms with Crippen LogP contribution in [0.4, 0.5) is 5.69 Å². The Balaban J connectivity index is 1.04. The molecule has 0 atom stereocenters. The third kappa shape index (κ3) is 6.19. The van der Waals surface area contributed by atoms with E-state index >= 15 is 0 Å². The molecular formula is C32H33ClN4O3S. The molecule has 2 aliphatic heterocycles. The first kappa shape index (κ1) is 27.5. The smallest absolute Gasteiger partial charge is 0.263 e. The zero-order valence-electron chi connectivity index (χ0n) is 23.0. The summed E-state index contributed by atoms with van der Waals surface area (Å²) in [6.45, 7) is 5.22. The molecule has 2 aliphatic rings. The second kappa shape index (κ2) is 12.1. The average Bonchev–Trinajstić information content (AvgIpc) is 3.34. The number of anilines is 1. The molecule has 7 nitrogen and oxygen atoms in total. The molecule has 2 amide bonds. The predicted molar refractivity (Wildman–Crippen MR) is 165 cm³/mol. The van der Waals surface area contributed by atoms with E-state index in [1.54, 1.807) is 24.5 Å². The van der Waals surface area contributed by atoms with Crippen molar-refractivity contribution in [1.29, 1.82) is 0 Å². The summed E-state index contributed by atoms with van der Waals surface area (Å²) in [4.78, 5) is 34.6. The van der Waals surface area contributed by atoms with Gasteiger partial charge in [-0.2, -0.15) is 0 Å². The lowest BCUT2D eigenvalue weighted by molar-refractivity contribution is 0.0698. The molecule has 6 rings (SSSR count). The van der Waals surface area contributed by atoms with Gasteiger partial charge < -0.3 is 19.9 Å². The van der Waals surface area contributed by atoms with Crippen molar-refractivity contribution >= 4 is 50.5 Å². The van der Waals surface area contributed by atoms with E-state index in [-0.39, 0.29) is 24.0 Å². The number of hydrogen-bond donors (Lipinski definition) is 1. The number of carbonyl (C=O) groups is 2. The summed E-state index contributed by atoms with van der Waals surface area (Å²) in [5, 5.41) is 4.48. The van der Waals surface area contributed by atoms with Gasteiger partial charge in [0.05, 0.1) is 5.02 Å². The second-order valence-electron chi connectivity index (χ2n) is 10.8. The molecule has 4 heterocycles. The van der Waals surface area contributed by atoms with Gasteiger partial charge in [0.2, 0.25) is 0 Å². The summed E-state index contributed by atoms with van der Waals surface area (Å²) in [7, 11) is 0. The fraction of sp³-hybridized carbons (Fsp3) is 0.344. The summed E-state index contributed by atoms with van der Waals surface area (Å²) in [5.41, 5.74) is 3.17. The van der Waals surface area contributed by atoms with Crippen molar-refractivity contribution in [3.8, 4) is 5.75 Å². The minimum absolute atomic E-state index is 0.000398. The van der Waals surface area contributed by atoms with E-state index in [1.807, 2.05) is 23.1 Å². The van der Waals surface area contributed by atoms with E-state index in [1.165, 1.54) is 22.6 Å². The Kier molecular flexibility index (Phi) is 8.12. The zero-order chi connectivity index (χ0) is 28.3. The van der Waals surface area contributed by atoms with Gasteiger partial charge in [-0.25, -0.2) is 0 Å². The van der Waals surface area contributed by atoms with Crippen molar-refractivity contribution in [1.82, 2.24) is 15.2 Å². The SMILES string of the molecule is Cc1ccc(N2CCC(Oc3ccc4c(Cl)c(C(=O)NC5CCN(C(=O)c6ccncc6)CC5)sc4c3)CC2)cc1. The lowest BCUT2D eigenvalue weighted by Gasteiger charge is -2.33.